The maximum Gasteiger partial charge on any atom is 0.408 e. The topological polar surface area (TPSA) is 185 Å². The summed E-state index contributed by atoms with van der Waals surface area (Å²) in [5.74, 6) is -2.86. The molecule has 6 rings (SSSR count). The molecule has 2 aliphatic carbocycles. The molecule has 7 atom stereocenters. The van der Waals surface area contributed by atoms with Crippen molar-refractivity contribution in [3.05, 3.63) is 42.6 Å². The molecule has 1 aromatic carbocycles. The highest BCUT2D eigenvalue weighted by Crippen LogP contribution is 2.48. The van der Waals surface area contributed by atoms with E-state index >= 15 is 4.79 Å². The third kappa shape index (κ3) is 8.33. The van der Waals surface area contributed by atoms with Gasteiger partial charge >= 0.3 is 6.09 Å². The molecule has 0 spiro atoms. The summed E-state index contributed by atoms with van der Waals surface area (Å²) in [7, 11) is -4.07. The molecular weight excluding hydrogens is 739 g/mol. The summed E-state index contributed by atoms with van der Waals surface area (Å²) in [6, 6.07) is 4.34. The van der Waals surface area contributed by atoms with Gasteiger partial charge in [-0.25, -0.2) is 18.2 Å². The van der Waals surface area contributed by atoms with E-state index in [4.69, 9.17) is 13.6 Å². The third-order valence-corrected chi connectivity index (χ3v) is 13.8. The number of carbonyl (C=O) groups is 4. The number of allylic oxidation sites excluding steroid dienone is 1. The lowest BCUT2D eigenvalue weighted by Gasteiger charge is -2.43. The van der Waals surface area contributed by atoms with Gasteiger partial charge in [-0.05, 0) is 121 Å². The third-order valence-electron chi connectivity index (χ3n) is 11.6. The first-order valence-electron chi connectivity index (χ1n) is 21.0. The Morgan fingerprint density at radius 1 is 1.18 bits per heavy atom. The van der Waals surface area contributed by atoms with Crippen LogP contribution in [0.2, 0.25) is 0 Å². The van der Waals surface area contributed by atoms with Crippen molar-refractivity contribution in [2.75, 3.05) is 6.54 Å². The predicted molar refractivity (Wildman–Crippen MR) is 210 cm³/mol. The summed E-state index contributed by atoms with van der Waals surface area (Å²) in [6.07, 6.45) is 5.03. The lowest BCUT2D eigenvalue weighted by molar-refractivity contribution is -0.146. The van der Waals surface area contributed by atoms with Crippen LogP contribution >= 0.6 is 0 Å². The molecule has 56 heavy (non-hydrogen) atoms. The average molecular weight is 799 g/mol. The van der Waals surface area contributed by atoms with Gasteiger partial charge in [-0.1, -0.05) is 26.0 Å². The fraction of sp³-hybridized carbons (Fsp3) is 0.634. The number of nitrogens with zero attached hydrogens (tertiary/aromatic N) is 3. The SMILES string of the molecule is [2H]C([2H])([2H])C(C)(C)N(C(=O)O)[C@@H]1C(=O)N2C[C@H](Oc3nccc4cc(OC(C)C)ccc34)C[C@H]2C(=O)NC2(C(=O)NS(=O)(=O)C3(C)CC3)CC2/C=C\CC[C@H](C)C[C@H]1C. The van der Waals surface area contributed by atoms with Crippen LogP contribution < -0.4 is 19.5 Å². The van der Waals surface area contributed by atoms with E-state index in [1.54, 1.807) is 38.2 Å². The monoisotopic (exact) mass is 798 g/mol. The van der Waals surface area contributed by atoms with Crippen LogP contribution in [-0.2, 0) is 24.4 Å². The Bertz CT molecular complexity index is 2130. The van der Waals surface area contributed by atoms with E-state index in [1.165, 1.54) is 18.7 Å². The molecule has 306 valence electrons. The summed E-state index contributed by atoms with van der Waals surface area (Å²) in [5.41, 5.74) is -3.67. The van der Waals surface area contributed by atoms with Crippen molar-refractivity contribution >= 4 is 44.6 Å². The van der Waals surface area contributed by atoms with Gasteiger partial charge < -0.3 is 24.8 Å². The Labute approximate surface area is 334 Å². The Morgan fingerprint density at radius 2 is 1.91 bits per heavy atom. The van der Waals surface area contributed by atoms with Gasteiger partial charge in [0.2, 0.25) is 27.7 Å². The van der Waals surface area contributed by atoms with Crippen molar-refractivity contribution in [2.45, 2.75) is 140 Å². The zero-order valence-corrected chi connectivity index (χ0v) is 34.0. The van der Waals surface area contributed by atoms with Gasteiger partial charge in [-0.3, -0.25) is 24.0 Å². The summed E-state index contributed by atoms with van der Waals surface area (Å²) < 4.78 is 64.9. The Morgan fingerprint density at radius 3 is 2.57 bits per heavy atom. The smallest absolute Gasteiger partial charge is 0.408 e. The van der Waals surface area contributed by atoms with Crippen LogP contribution in [0.1, 0.15) is 104 Å². The molecule has 3 heterocycles. The number of carbonyl (C=O) groups excluding carboxylic acids is 3. The van der Waals surface area contributed by atoms with Crippen LogP contribution in [0, 0.1) is 17.8 Å². The molecule has 3 fully saturated rings. The van der Waals surface area contributed by atoms with Gasteiger partial charge in [0, 0.05) is 33.6 Å². The molecule has 15 heteroatoms. The predicted octanol–water partition coefficient (Wildman–Crippen LogP) is 5.40. The van der Waals surface area contributed by atoms with Crippen LogP contribution in [0.3, 0.4) is 0 Å². The number of amides is 4. The molecule has 2 aromatic rings. The number of carboxylic acid groups (broad SMARTS) is 1. The molecule has 1 aromatic heterocycles. The number of ether oxygens (including phenoxy) is 2. The highest BCUT2D eigenvalue weighted by Gasteiger charge is 2.63. The first kappa shape index (κ1) is 37.2. The van der Waals surface area contributed by atoms with Gasteiger partial charge in [0.05, 0.1) is 17.4 Å². The number of rotatable bonds is 8. The van der Waals surface area contributed by atoms with Gasteiger partial charge in [0.25, 0.3) is 5.91 Å². The number of aromatic nitrogens is 1. The average Bonchev–Trinajstić information content (AvgIpc) is 4.01. The number of nitrogens with one attached hydrogen (secondary N) is 2. The highest BCUT2D eigenvalue weighted by atomic mass is 32.2. The minimum atomic E-state index is -4.07. The summed E-state index contributed by atoms with van der Waals surface area (Å²) in [6.45, 7) is 8.52. The van der Waals surface area contributed by atoms with E-state index in [0.29, 0.717) is 48.1 Å². The normalized spacial score (nSPS) is 30.9. The van der Waals surface area contributed by atoms with Crippen LogP contribution in [-0.4, -0.2) is 98.8 Å². The summed E-state index contributed by atoms with van der Waals surface area (Å²) >= 11 is 0. The summed E-state index contributed by atoms with van der Waals surface area (Å²) in [5, 5.41) is 14.9. The first-order chi connectivity index (χ1) is 27.4. The zero-order chi connectivity index (χ0) is 43.5. The van der Waals surface area contributed by atoms with Gasteiger partial charge in [0.15, 0.2) is 0 Å². The van der Waals surface area contributed by atoms with Crippen LogP contribution in [0.4, 0.5) is 4.79 Å². The van der Waals surface area contributed by atoms with Gasteiger partial charge in [-0.2, -0.15) is 0 Å². The minimum absolute atomic E-state index is 0.0487. The second-order valence-corrected chi connectivity index (χ2v) is 19.5. The lowest BCUT2D eigenvalue weighted by atomic mass is 9.85. The van der Waals surface area contributed by atoms with E-state index in [9.17, 15) is 27.9 Å². The molecule has 14 nitrogen and oxygen atoms in total. The molecule has 0 bridgehead atoms. The second-order valence-electron chi connectivity index (χ2n) is 17.3. The van der Waals surface area contributed by atoms with Gasteiger partial charge in [-0.15, -0.1) is 0 Å². The largest absolute Gasteiger partial charge is 0.491 e. The molecule has 4 aliphatic rings. The summed E-state index contributed by atoms with van der Waals surface area (Å²) in [4.78, 5) is 63.4. The maximum atomic E-state index is 15.2. The van der Waals surface area contributed by atoms with Crippen molar-refractivity contribution in [3.63, 3.8) is 0 Å². The Kier molecular flexibility index (Phi) is 10.1. The van der Waals surface area contributed by atoms with E-state index in [1.807, 2.05) is 39.0 Å². The fourth-order valence-corrected chi connectivity index (χ4v) is 9.49. The van der Waals surface area contributed by atoms with E-state index in [2.05, 4.69) is 15.0 Å². The van der Waals surface area contributed by atoms with E-state index < -0.39 is 86.5 Å². The molecule has 2 aliphatic heterocycles. The standard InChI is InChI=1S/C41H57N5O9S/c1-24(2)54-29-13-14-31-27(20-29)15-18-42-35(31)55-30-21-32-34(47)43-41(37(49)44-56(52,53)40(8)16-17-40)22-28(41)12-10-9-11-25(3)19-26(4)33(36(48)45(32)23-30)46(38(50)51)39(5,6)7/h10,12-15,18,20,24-26,28,30,32-33H,9,11,16-17,19,21-23H2,1-8H3,(H,43,47)(H,44,49)(H,50,51)/b12-10-/t25-,26+,28?,30+,32-,33-,41?/m0/s1/i5D3. The second kappa shape index (κ2) is 15.2. The number of hydrogen-bond acceptors (Lipinski definition) is 9. The molecule has 2 saturated carbocycles. The Balaban J connectivity index is 1.41. The molecule has 4 amide bonds. The van der Waals surface area contributed by atoms with E-state index in [0.717, 1.165) is 5.39 Å². The Hall–Kier alpha value is -4.40. The first-order valence-corrected chi connectivity index (χ1v) is 21.0. The van der Waals surface area contributed by atoms with Crippen molar-refractivity contribution in [1.82, 2.24) is 24.8 Å². The fourth-order valence-electron chi connectivity index (χ4n) is 8.17. The molecule has 0 radical (unpaired) electrons. The number of sulfonamides is 1. The quantitative estimate of drug-likeness (QED) is 0.292. The highest BCUT2D eigenvalue weighted by molar-refractivity contribution is 7.91. The van der Waals surface area contributed by atoms with E-state index in [-0.39, 0.29) is 37.3 Å². The molecule has 2 unspecified atom stereocenters. The van der Waals surface area contributed by atoms with Crippen molar-refractivity contribution in [2.24, 2.45) is 17.8 Å². The zero-order valence-electron chi connectivity index (χ0n) is 36.2. The van der Waals surface area contributed by atoms with Crippen molar-refractivity contribution in [1.29, 1.82) is 0 Å². The van der Waals surface area contributed by atoms with Crippen LogP contribution in [0.5, 0.6) is 11.6 Å². The number of fused-ring (bicyclic) bond motifs is 3. The number of pyridine rings is 1. The lowest BCUT2D eigenvalue weighted by Crippen LogP contribution is -2.62. The van der Waals surface area contributed by atoms with Gasteiger partial charge in [0.1, 0.15) is 29.5 Å². The van der Waals surface area contributed by atoms with Crippen molar-refractivity contribution in [3.8, 4) is 11.6 Å². The number of benzene rings is 1. The molecular formula is C41H57N5O9S. The van der Waals surface area contributed by atoms with Crippen LogP contribution in [0.25, 0.3) is 10.8 Å². The maximum absolute atomic E-state index is 15.2. The molecule has 3 N–H and O–H groups in total. The molecule has 1 saturated heterocycles. The minimum Gasteiger partial charge on any atom is -0.491 e. The number of hydrogen-bond donors (Lipinski definition) is 3. The van der Waals surface area contributed by atoms with Crippen LogP contribution in [0.15, 0.2) is 42.6 Å². The van der Waals surface area contributed by atoms with Crippen molar-refractivity contribution < 1.29 is 46.3 Å².